The van der Waals surface area contributed by atoms with Gasteiger partial charge in [0.25, 0.3) is 0 Å². The molecule has 0 atom stereocenters. The van der Waals surface area contributed by atoms with Gasteiger partial charge in [-0.15, -0.1) is 16.9 Å². The maximum Gasteiger partial charge on any atom is 0.197 e. The minimum Gasteiger partial charge on any atom is -0.207 e. The van der Waals surface area contributed by atoms with Gasteiger partial charge in [0, 0.05) is 15.7 Å². The number of fused-ring (bicyclic) bond motifs is 1. The molecule has 0 spiro atoms. The van der Waals surface area contributed by atoms with Gasteiger partial charge in [-0.25, -0.2) is 4.39 Å². The van der Waals surface area contributed by atoms with Gasteiger partial charge in [-0.3, -0.25) is 0 Å². The normalized spacial score (nSPS) is 10.8. The van der Waals surface area contributed by atoms with Gasteiger partial charge in [-0.05, 0) is 35.9 Å². The van der Waals surface area contributed by atoms with E-state index in [-0.39, 0.29) is 5.82 Å². The monoisotopic (exact) mass is 319 g/mol. The number of rotatable bonds is 3. The second-order valence-electron chi connectivity index (χ2n) is 4.36. The van der Waals surface area contributed by atoms with E-state index in [0.29, 0.717) is 5.75 Å². The van der Waals surface area contributed by atoms with Crippen LogP contribution in [0.3, 0.4) is 0 Å². The molecule has 0 radical (unpaired) electrons. The number of nitrogens with zero attached hydrogens (tertiary/aromatic N) is 3. The molecule has 2 heterocycles. The molecule has 0 saturated heterocycles. The number of thioether (sulfide) groups is 1. The molecule has 0 aromatic heterocycles. The number of hydrogen-bond acceptors (Lipinski definition) is 3. The highest BCUT2D eigenvalue weighted by molar-refractivity contribution is 7.98. The van der Waals surface area contributed by atoms with Crippen molar-refractivity contribution in [1.29, 1.82) is 0 Å². The van der Waals surface area contributed by atoms with E-state index >= 15 is 0 Å². The summed E-state index contributed by atoms with van der Waals surface area (Å²) in [5.74, 6) is 1.50. The number of benzene rings is 2. The first-order valence-corrected chi connectivity index (χ1v) is 7.63. The van der Waals surface area contributed by atoms with Gasteiger partial charge < -0.3 is 0 Å². The molecule has 0 N–H and O–H groups in total. The van der Waals surface area contributed by atoms with Gasteiger partial charge in [0.1, 0.15) is 5.82 Å². The molecule has 0 amide bonds. The first-order chi connectivity index (χ1) is 10.2. The highest BCUT2D eigenvalue weighted by Gasteiger charge is 2.14. The smallest absolute Gasteiger partial charge is 0.197 e. The second kappa shape index (κ2) is 6.28. The van der Waals surface area contributed by atoms with Crippen molar-refractivity contribution in [2.45, 2.75) is 10.6 Å². The van der Waals surface area contributed by atoms with Crippen molar-refractivity contribution in [3.8, 4) is 5.82 Å². The third-order valence-corrected chi connectivity index (χ3v) is 4.13. The quantitative estimate of drug-likeness (QED) is 0.526. The van der Waals surface area contributed by atoms with Crippen molar-refractivity contribution in [3.63, 3.8) is 0 Å². The Bertz CT molecular complexity index is 719. The first kappa shape index (κ1) is 14.1. The van der Waals surface area contributed by atoms with E-state index in [2.05, 4.69) is 10.3 Å². The molecule has 4 rings (SSSR count). The summed E-state index contributed by atoms with van der Waals surface area (Å²) < 4.78 is 15.0. The Morgan fingerprint density at radius 1 is 1.10 bits per heavy atom. The van der Waals surface area contributed by atoms with E-state index in [4.69, 9.17) is 11.6 Å². The SMILES string of the molecule is Fc1ccccc1CSc1ccc(Cl)cc1.c1c2nnn1-2. The van der Waals surface area contributed by atoms with Crippen LogP contribution in [0, 0.1) is 5.82 Å². The van der Waals surface area contributed by atoms with Gasteiger partial charge in [0.05, 0.1) is 6.20 Å². The topological polar surface area (TPSA) is 30.7 Å². The first-order valence-electron chi connectivity index (χ1n) is 6.27. The Hall–Kier alpha value is -1.85. The maximum atomic E-state index is 13.3. The summed E-state index contributed by atoms with van der Waals surface area (Å²) in [6.45, 7) is 0. The molecule has 0 aliphatic carbocycles. The third kappa shape index (κ3) is 3.83. The van der Waals surface area contributed by atoms with Crippen LogP contribution in [0.15, 0.2) is 59.6 Å². The molecule has 0 unspecified atom stereocenters. The summed E-state index contributed by atoms with van der Waals surface area (Å²) in [6, 6.07) is 14.4. The molecule has 21 heavy (non-hydrogen) atoms. The minimum absolute atomic E-state index is 0.149. The molecule has 3 nitrogen and oxygen atoms in total. The molecule has 0 bridgehead atoms. The highest BCUT2D eigenvalue weighted by Crippen LogP contribution is 2.25. The molecule has 0 fully saturated rings. The van der Waals surface area contributed by atoms with Crippen molar-refractivity contribution >= 4 is 23.4 Å². The summed E-state index contributed by atoms with van der Waals surface area (Å²) >= 11 is 7.38. The van der Waals surface area contributed by atoms with Gasteiger partial charge in [0.2, 0.25) is 0 Å². The van der Waals surface area contributed by atoms with Crippen LogP contribution in [0.1, 0.15) is 5.56 Å². The third-order valence-electron chi connectivity index (χ3n) is 2.81. The van der Waals surface area contributed by atoms with Crippen LogP contribution < -0.4 is 0 Å². The molecule has 2 aromatic carbocycles. The van der Waals surface area contributed by atoms with Crippen LogP contribution in [0.2, 0.25) is 5.02 Å². The Labute approximate surface area is 130 Å². The zero-order chi connectivity index (χ0) is 14.7. The largest absolute Gasteiger partial charge is 0.207 e. The van der Waals surface area contributed by atoms with Crippen LogP contribution in [0.5, 0.6) is 0 Å². The van der Waals surface area contributed by atoms with Gasteiger partial charge in [0.15, 0.2) is 5.82 Å². The van der Waals surface area contributed by atoms with Crippen LogP contribution in [-0.4, -0.2) is 15.0 Å². The zero-order valence-electron chi connectivity index (χ0n) is 10.9. The van der Waals surface area contributed by atoms with E-state index in [1.807, 2.05) is 36.5 Å². The molecule has 0 saturated carbocycles. The molecule has 106 valence electrons. The van der Waals surface area contributed by atoms with E-state index in [1.165, 1.54) is 6.07 Å². The predicted octanol–water partition coefficient (Wildman–Crippen LogP) is 4.35. The van der Waals surface area contributed by atoms with Crippen LogP contribution in [0.4, 0.5) is 4.39 Å². The lowest BCUT2D eigenvalue weighted by atomic mass is 10.2. The van der Waals surface area contributed by atoms with Gasteiger partial charge in [-0.1, -0.05) is 35.0 Å². The summed E-state index contributed by atoms with van der Waals surface area (Å²) in [5, 5.41) is 7.78. The van der Waals surface area contributed by atoms with Crippen molar-refractivity contribution < 1.29 is 4.39 Å². The second-order valence-corrected chi connectivity index (χ2v) is 5.84. The van der Waals surface area contributed by atoms with Crippen molar-refractivity contribution in [1.82, 2.24) is 15.0 Å². The summed E-state index contributed by atoms with van der Waals surface area (Å²) in [7, 11) is 0. The van der Waals surface area contributed by atoms with Gasteiger partial charge >= 0.3 is 0 Å². The maximum absolute atomic E-state index is 13.3. The predicted molar refractivity (Wildman–Crippen MR) is 82.3 cm³/mol. The molecule has 2 aliphatic rings. The Morgan fingerprint density at radius 2 is 1.81 bits per heavy atom. The summed E-state index contributed by atoms with van der Waals surface area (Å²) in [6.07, 6.45) is 1.86. The van der Waals surface area contributed by atoms with Gasteiger partial charge in [-0.2, -0.15) is 4.68 Å². The van der Waals surface area contributed by atoms with Crippen molar-refractivity contribution in [3.05, 3.63) is 71.1 Å². The fraction of sp³-hybridized carbons (Fsp3) is 0.0667. The fourth-order valence-electron chi connectivity index (χ4n) is 1.59. The lowest BCUT2D eigenvalue weighted by Crippen LogP contribution is -1.92. The fourth-order valence-corrected chi connectivity index (χ4v) is 2.60. The lowest BCUT2D eigenvalue weighted by molar-refractivity contribution is 0.617. The Morgan fingerprint density at radius 3 is 2.33 bits per heavy atom. The Kier molecular flexibility index (Phi) is 4.22. The number of aromatic nitrogens is 3. The number of hydrogen-bond donors (Lipinski definition) is 0. The molecule has 2 aromatic rings. The average molecular weight is 320 g/mol. The van der Waals surface area contributed by atoms with E-state index in [9.17, 15) is 4.39 Å². The average Bonchev–Trinajstić information content (AvgIpc) is 3.07. The summed E-state index contributed by atoms with van der Waals surface area (Å²) in [5.41, 5.74) is 0.724. The van der Waals surface area contributed by atoms with E-state index < -0.39 is 0 Å². The van der Waals surface area contributed by atoms with E-state index in [0.717, 1.165) is 21.3 Å². The lowest BCUT2D eigenvalue weighted by Gasteiger charge is -2.03. The van der Waals surface area contributed by atoms with E-state index in [1.54, 1.807) is 28.6 Å². The van der Waals surface area contributed by atoms with Crippen LogP contribution >= 0.6 is 23.4 Å². The number of halogens is 2. The molecular weight excluding hydrogens is 309 g/mol. The van der Waals surface area contributed by atoms with Crippen molar-refractivity contribution in [2.75, 3.05) is 0 Å². The standard InChI is InChI=1S/C13H10ClFS.C2HN3/c14-11-5-7-12(8-6-11)16-9-10-3-1-2-4-13(10)15;1-2-3-4-5(1)2/h1-8H,9H2;1H. The molecule has 2 aliphatic heterocycles. The highest BCUT2D eigenvalue weighted by atomic mass is 35.5. The summed E-state index contributed by atoms with van der Waals surface area (Å²) in [4.78, 5) is 1.09. The van der Waals surface area contributed by atoms with Crippen LogP contribution in [-0.2, 0) is 5.75 Å². The minimum atomic E-state index is -0.149. The van der Waals surface area contributed by atoms with Crippen molar-refractivity contribution in [2.24, 2.45) is 0 Å². The molecule has 6 heteroatoms. The molecular formula is C15H11ClFN3S. The van der Waals surface area contributed by atoms with Crippen LogP contribution in [0.25, 0.3) is 5.82 Å². The Balaban J connectivity index is 0.000000217. The zero-order valence-corrected chi connectivity index (χ0v) is 12.5.